The Labute approximate surface area is 104 Å². The molecule has 16 heavy (non-hydrogen) atoms. The molecule has 1 rings (SSSR count). The van der Waals surface area contributed by atoms with Gasteiger partial charge in [0, 0.05) is 22.5 Å². The summed E-state index contributed by atoms with van der Waals surface area (Å²) >= 11 is 11.4. The molecular weight excluding hydrogens is 255 g/mol. The summed E-state index contributed by atoms with van der Waals surface area (Å²) in [5, 5.41) is 0.286. The molecule has 0 unspecified atom stereocenters. The van der Waals surface area contributed by atoms with Crippen LogP contribution in [0.3, 0.4) is 0 Å². The minimum atomic E-state index is -3.09. The highest BCUT2D eigenvalue weighted by molar-refractivity contribution is 6.35. The van der Waals surface area contributed by atoms with Gasteiger partial charge in [-0.15, -0.1) is 0 Å². The summed E-state index contributed by atoms with van der Waals surface area (Å²) in [5.74, 6) is -3.09. The van der Waals surface area contributed by atoms with E-state index in [1.54, 1.807) is 0 Å². The average molecular weight is 268 g/mol. The van der Waals surface area contributed by atoms with Gasteiger partial charge >= 0.3 is 0 Å². The highest BCUT2D eigenvalue weighted by Gasteiger charge is 2.48. The summed E-state index contributed by atoms with van der Waals surface area (Å²) in [4.78, 5) is 0. The predicted molar refractivity (Wildman–Crippen MR) is 63.2 cm³/mol. The van der Waals surface area contributed by atoms with Crippen LogP contribution in [0, 0.1) is 5.41 Å². The van der Waals surface area contributed by atoms with Crippen molar-refractivity contribution in [2.24, 2.45) is 11.1 Å². The van der Waals surface area contributed by atoms with Crippen LogP contribution in [0.15, 0.2) is 18.2 Å². The first-order chi connectivity index (χ1) is 7.22. The fourth-order valence-corrected chi connectivity index (χ4v) is 1.76. The van der Waals surface area contributed by atoms with Gasteiger partial charge in [-0.3, -0.25) is 0 Å². The van der Waals surface area contributed by atoms with Gasteiger partial charge in [0.05, 0.1) is 5.02 Å². The van der Waals surface area contributed by atoms with Crippen molar-refractivity contribution >= 4 is 23.2 Å². The summed E-state index contributed by atoms with van der Waals surface area (Å²) in [6, 6.07) is 3.93. The first-order valence-corrected chi connectivity index (χ1v) is 5.51. The van der Waals surface area contributed by atoms with Crippen LogP contribution in [0.1, 0.15) is 19.4 Å². The fraction of sp³-hybridized carbons (Fsp3) is 0.455. The van der Waals surface area contributed by atoms with E-state index in [2.05, 4.69) is 0 Å². The Hall–Kier alpha value is -0.380. The van der Waals surface area contributed by atoms with Gasteiger partial charge in [-0.1, -0.05) is 43.1 Å². The Morgan fingerprint density at radius 1 is 1.25 bits per heavy atom. The van der Waals surface area contributed by atoms with Crippen LogP contribution < -0.4 is 5.73 Å². The minimum absolute atomic E-state index is 0.0426. The molecule has 0 saturated carbocycles. The molecule has 1 nitrogen and oxygen atoms in total. The van der Waals surface area contributed by atoms with Crippen LogP contribution >= 0.6 is 23.2 Å². The van der Waals surface area contributed by atoms with E-state index in [1.807, 2.05) is 0 Å². The van der Waals surface area contributed by atoms with Crippen LogP contribution in [0.2, 0.25) is 10.0 Å². The maximum atomic E-state index is 14.1. The third kappa shape index (κ3) is 2.31. The van der Waals surface area contributed by atoms with Crippen LogP contribution in [0.25, 0.3) is 0 Å². The number of benzene rings is 1. The van der Waals surface area contributed by atoms with Gasteiger partial charge in [0.25, 0.3) is 5.92 Å². The van der Waals surface area contributed by atoms with Gasteiger partial charge < -0.3 is 5.73 Å². The summed E-state index contributed by atoms with van der Waals surface area (Å²) < 4.78 is 28.2. The number of alkyl halides is 2. The molecule has 0 saturated heterocycles. The molecule has 5 heteroatoms. The number of hydrogen-bond acceptors (Lipinski definition) is 1. The SMILES string of the molecule is CC(C)(CN)C(F)(F)c1ccc(Cl)cc1Cl. The maximum Gasteiger partial charge on any atom is 0.280 e. The Balaban J connectivity index is 3.27. The zero-order chi connectivity index (χ0) is 12.6. The van der Waals surface area contributed by atoms with Gasteiger partial charge in [-0.25, -0.2) is 8.78 Å². The second-order valence-electron chi connectivity index (χ2n) is 4.29. The predicted octanol–water partition coefficient (Wildman–Crippen LogP) is 4.07. The molecule has 0 atom stereocenters. The Bertz CT molecular complexity index is 392. The molecule has 0 spiro atoms. The van der Waals surface area contributed by atoms with Crippen molar-refractivity contribution in [3.8, 4) is 0 Å². The lowest BCUT2D eigenvalue weighted by atomic mass is 9.81. The van der Waals surface area contributed by atoms with Crippen molar-refractivity contribution in [2.45, 2.75) is 19.8 Å². The van der Waals surface area contributed by atoms with Gasteiger partial charge in [-0.2, -0.15) is 0 Å². The third-order valence-electron chi connectivity index (χ3n) is 2.63. The number of hydrogen-bond donors (Lipinski definition) is 1. The molecule has 90 valence electrons. The number of rotatable bonds is 3. The molecule has 1 aromatic carbocycles. The normalized spacial score (nSPS) is 12.9. The minimum Gasteiger partial charge on any atom is -0.330 e. The lowest BCUT2D eigenvalue weighted by molar-refractivity contribution is -0.108. The number of halogens is 4. The topological polar surface area (TPSA) is 26.0 Å². The fourth-order valence-electron chi connectivity index (χ4n) is 1.24. The first kappa shape index (κ1) is 13.7. The van der Waals surface area contributed by atoms with E-state index in [9.17, 15) is 8.78 Å². The van der Waals surface area contributed by atoms with Crippen molar-refractivity contribution in [2.75, 3.05) is 6.54 Å². The van der Waals surface area contributed by atoms with Crippen molar-refractivity contribution < 1.29 is 8.78 Å². The van der Waals surface area contributed by atoms with E-state index >= 15 is 0 Å². The standard InChI is InChI=1S/C11H13Cl2F2N/c1-10(2,6-16)11(14,15)8-4-3-7(12)5-9(8)13/h3-5H,6,16H2,1-2H3. The average Bonchev–Trinajstić information content (AvgIpc) is 2.16. The molecule has 0 aromatic heterocycles. The van der Waals surface area contributed by atoms with Gasteiger partial charge in [0.1, 0.15) is 0 Å². The van der Waals surface area contributed by atoms with E-state index in [0.717, 1.165) is 0 Å². The second kappa shape index (κ2) is 4.47. The summed E-state index contributed by atoms with van der Waals surface area (Å²) in [7, 11) is 0. The summed E-state index contributed by atoms with van der Waals surface area (Å²) in [5.41, 5.74) is 3.76. The zero-order valence-corrected chi connectivity index (χ0v) is 10.5. The van der Waals surface area contributed by atoms with E-state index < -0.39 is 11.3 Å². The molecule has 2 N–H and O–H groups in total. The van der Waals surface area contributed by atoms with E-state index in [0.29, 0.717) is 5.02 Å². The van der Waals surface area contributed by atoms with Crippen molar-refractivity contribution in [1.82, 2.24) is 0 Å². The van der Waals surface area contributed by atoms with E-state index in [4.69, 9.17) is 28.9 Å². The lowest BCUT2D eigenvalue weighted by Crippen LogP contribution is -2.40. The molecule has 0 radical (unpaired) electrons. The molecule has 0 aliphatic carbocycles. The van der Waals surface area contributed by atoms with Crippen LogP contribution in [0.4, 0.5) is 8.78 Å². The van der Waals surface area contributed by atoms with Crippen LogP contribution in [0.5, 0.6) is 0 Å². The zero-order valence-electron chi connectivity index (χ0n) is 9.03. The molecule has 1 aromatic rings. The van der Waals surface area contributed by atoms with Gasteiger partial charge in [0.2, 0.25) is 0 Å². The number of nitrogens with two attached hydrogens (primary N) is 1. The molecule has 0 fully saturated rings. The summed E-state index contributed by atoms with van der Waals surface area (Å²) in [6.07, 6.45) is 0. The third-order valence-corrected chi connectivity index (χ3v) is 3.18. The monoisotopic (exact) mass is 267 g/mol. The Morgan fingerprint density at radius 2 is 1.81 bits per heavy atom. The molecule has 0 amide bonds. The quantitative estimate of drug-likeness (QED) is 0.878. The highest BCUT2D eigenvalue weighted by atomic mass is 35.5. The molecular formula is C11H13Cl2F2N. The lowest BCUT2D eigenvalue weighted by Gasteiger charge is -2.33. The Kier molecular flexibility index (Phi) is 3.83. The second-order valence-corrected chi connectivity index (χ2v) is 5.13. The first-order valence-electron chi connectivity index (χ1n) is 4.76. The van der Waals surface area contributed by atoms with Gasteiger partial charge in [0.15, 0.2) is 0 Å². The van der Waals surface area contributed by atoms with Crippen molar-refractivity contribution in [3.05, 3.63) is 33.8 Å². The maximum absolute atomic E-state index is 14.1. The van der Waals surface area contributed by atoms with Crippen LogP contribution in [-0.2, 0) is 5.92 Å². The van der Waals surface area contributed by atoms with Crippen LogP contribution in [-0.4, -0.2) is 6.54 Å². The molecule has 0 heterocycles. The highest BCUT2D eigenvalue weighted by Crippen LogP contribution is 2.46. The van der Waals surface area contributed by atoms with Gasteiger partial charge in [-0.05, 0) is 12.1 Å². The molecule has 0 aliphatic rings. The molecule has 0 bridgehead atoms. The smallest absolute Gasteiger partial charge is 0.280 e. The molecule has 0 aliphatic heterocycles. The largest absolute Gasteiger partial charge is 0.330 e. The Morgan fingerprint density at radius 3 is 2.25 bits per heavy atom. The van der Waals surface area contributed by atoms with E-state index in [1.165, 1.54) is 32.0 Å². The summed E-state index contributed by atoms with van der Waals surface area (Å²) in [6.45, 7) is 2.66. The van der Waals surface area contributed by atoms with Crippen molar-refractivity contribution in [3.63, 3.8) is 0 Å². The van der Waals surface area contributed by atoms with E-state index in [-0.39, 0.29) is 17.1 Å². The van der Waals surface area contributed by atoms with Crippen molar-refractivity contribution in [1.29, 1.82) is 0 Å².